The normalized spacial score (nSPS) is 25.4. The Balaban J connectivity index is 2.32. The van der Waals surface area contributed by atoms with Gasteiger partial charge in [-0.1, -0.05) is 46.0 Å². The van der Waals surface area contributed by atoms with E-state index in [4.69, 9.17) is 9.47 Å². The van der Waals surface area contributed by atoms with E-state index in [1.807, 2.05) is 7.11 Å². The Morgan fingerprint density at radius 1 is 0.947 bits per heavy atom. The van der Waals surface area contributed by atoms with Crippen molar-refractivity contribution in [2.75, 3.05) is 20.3 Å². The minimum absolute atomic E-state index is 0.495. The predicted molar refractivity (Wildman–Crippen MR) is 81.5 cm³/mol. The molecule has 0 aliphatic heterocycles. The summed E-state index contributed by atoms with van der Waals surface area (Å²) in [5, 5.41) is 0. The van der Waals surface area contributed by atoms with Gasteiger partial charge in [0.05, 0.1) is 12.7 Å². The smallest absolute Gasteiger partial charge is 0.0575 e. The van der Waals surface area contributed by atoms with Crippen LogP contribution < -0.4 is 0 Å². The van der Waals surface area contributed by atoms with E-state index in [-0.39, 0.29) is 0 Å². The van der Waals surface area contributed by atoms with Gasteiger partial charge in [-0.15, -0.1) is 0 Å². The molecule has 0 heterocycles. The van der Waals surface area contributed by atoms with Crippen molar-refractivity contribution in [1.82, 2.24) is 0 Å². The van der Waals surface area contributed by atoms with E-state index in [0.717, 1.165) is 25.0 Å². The van der Waals surface area contributed by atoms with Crippen molar-refractivity contribution in [3.63, 3.8) is 0 Å². The maximum atomic E-state index is 6.25. The molecule has 0 bridgehead atoms. The number of unbranched alkanes of at least 4 members (excludes halogenated alkanes) is 1. The minimum atomic E-state index is 0.495. The Morgan fingerprint density at radius 3 is 2.21 bits per heavy atom. The van der Waals surface area contributed by atoms with Crippen molar-refractivity contribution in [1.29, 1.82) is 0 Å². The highest BCUT2D eigenvalue weighted by Gasteiger charge is 2.26. The summed E-state index contributed by atoms with van der Waals surface area (Å²) >= 11 is 0. The van der Waals surface area contributed by atoms with E-state index >= 15 is 0 Å². The SMILES string of the molecule is CCCCC(CCC)OCC1CCCCC1COC. The molecule has 0 saturated heterocycles. The summed E-state index contributed by atoms with van der Waals surface area (Å²) in [7, 11) is 1.83. The first-order valence-electron chi connectivity index (χ1n) is 8.42. The molecule has 114 valence electrons. The molecular formula is C17H34O2. The van der Waals surface area contributed by atoms with Crippen molar-refractivity contribution in [3.8, 4) is 0 Å². The monoisotopic (exact) mass is 270 g/mol. The summed E-state index contributed by atoms with van der Waals surface area (Å²) < 4.78 is 11.6. The van der Waals surface area contributed by atoms with E-state index in [2.05, 4.69) is 13.8 Å². The summed E-state index contributed by atoms with van der Waals surface area (Å²) in [6.07, 6.45) is 12.2. The van der Waals surface area contributed by atoms with E-state index in [0.29, 0.717) is 6.10 Å². The van der Waals surface area contributed by atoms with E-state index < -0.39 is 0 Å². The van der Waals surface area contributed by atoms with Crippen LogP contribution in [-0.4, -0.2) is 26.4 Å². The third kappa shape index (κ3) is 6.76. The number of hydrogen-bond donors (Lipinski definition) is 0. The summed E-state index contributed by atoms with van der Waals surface area (Å²) in [5.74, 6) is 1.46. The van der Waals surface area contributed by atoms with Crippen molar-refractivity contribution < 1.29 is 9.47 Å². The van der Waals surface area contributed by atoms with Gasteiger partial charge in [-0.2, -0.15) is 0 Å². The first-order valence-corrected chi connectivity index (χ1v) is 8.42. The van der Waals surface area contributed by atoms with Gasteiger partial charge in [-0.3, -0.25) is 0 Å². The fourth-order valence-corrected chi connectivity index (χ4v) is 3.26. The lowest BCUT2D eigenvalue weighted by Gasteiger charge is -2.32. The van der Waals surface area contributed by atoms with Gasteiger partial charge >= 0.3 is 0 Å². The molecule has 3 atom stereocenters. The Hall–Kier alpha value is -0.0800. The Kier molecular flexibility index (Phi) is 9.54. The van der Waals surface area contributed by atoms with Gasteiger partial charge in [0.25, 0.3) is 0 Å². The molecule has 2 nitrogen and oxygen atoms in total. The number of rotatable bonds is 10. The summed E-state index contributed by atoms with van der Waals surface area (Å²) in [4.78, 5) is 0. The molecular weight excluding hydrogens is 236 g/mol. The molecule has 2 heteroatoms. The molecule has 1 aliphatic rings. The van der Waals surface area contributed by atoms with Crippen LogP contribution in [-0.2, 0) is 9.47 Å². The van der Waals surface area contributed by atoms with Gasteiger partial charge in [0.2, 0.25) is 0 Å². The zero-order chi connectivity index (χ0) is 13.9. The average molecular weight is 270 g/mol. The quantitative estimate of drug-likeness (QED) is 0.567. The highest BCUT2D eigenvalue weighted by atomic mass is 16.5. The van der Waals surface area contributed by atoms with Crippen LogP contribution in [0.25, 0.3) is 0 Å². The van der Waals surface area contributed by atoms with Gasteiger partial charge in [0.15, 0.2) is 0 Å². The van der Waals surface area contributed by atoms with Crippen LogP contribution in [0.3, 0.4) is 0 Å². The fraction of sp³-hybridized carbons (Fsp3) is 1.00. The molecule has 0 amide bonds. The van der Waals surface area contributed by atoms with Gasteiger partial charge in [-0.05, 0) is 37.5 Å². The van der Waals surface area contributed by atoms with Crippen LogP contribution >= 0.6 is 0 Å². The molecule has 0 radical (unpaired) electrons. The summed E-state index contributed by atoms with van der Waals surface area (Å²) in [6, 6.07) is 0. The highest BCUT2D eigenvalue weighted by Crippen LogP contribution is 2.31. The van der Waals surface area contributed by atoms with Crippen LogP contribution in [0.4, 0.5) is 0 Å². The van der Waals surface area contributed by atoms with Gasteiger partial charge in [0.1, 0.15) is 0 Å². The second-order valence-electron chi connectivity index (χ2n) is 6.15. The molecule has 1 rings (SSSR count). The molecule has 1 aliphatic carbocycles. The van der Waals surface area contributed by atoms with Gasteiger partial charge in [-0.25, -0.2) is 0 Å². The van der Waals surface area contributed by atoms with Crippen molar-refractivity contribution in [2.24, 2.45) is 11.8 Å². The molecule has 3 unspecified atom stereocenters. The van der Waals surface area contributed by atoms with Crippen LogP contribution in [0.1, 0.15) is 71.6 Å². The fourth-order valence-electron chi connectivity index (χ4n) is 3.26. The Morgan fingerprint density at radius 2 is 1.63 bits per heavy atom. The molecule has 0 N–H and O–H groups in total. The average Bonchev–Trinajstić information content (AvgIpc) is 2.43. The van der Waals surface area contributed by atoms with Crippen LogP contribution in [0.15, 0.2) is 0 Å². The molecule has 0 aromatic rings. The predicted octanol–water partition coefficient (Wildman–Crippen LogP) is 4.81. The first-order chi connectivity index (χ1) is 9.31. The first kappa shape index (κ1) is 17.0. The van der Waals surface area contributed by atoms with Gasteiger partial charge < -0.3 is 9.47 Å². The standard InChI is InChI=1S/C17H34O2/c1-4-6-12-17(9-5-2)19-14-16-11-8-7-10-15(16)13-18-3/h15-17H,4-14H2,1-3H3. The van der Waals surface area contributed by atoms with Crippen molar-refractivity contribution >= 4 is 0 Å². The largest absolute Gasteiger partial charge is 0.384 e. The second kappa shape index (κ2) is 10.7. The summed E-state index contributed by atoms with van der Waals surface area (Å²) in [5.41, 5.74) is 0. The van der Waals surface area contributed by atoms with E-state index in [9.17, 15) is 0 Å². The number of ether oxygens (including phenoxy) is 2. The van der Waals surface area contributed by atoms with E-state index in [1.165, 1.54) is 57.8 Å². The molecule has 0 spiro atoms. The van der Waals surface area contributed by atoms with Crippen LogP contribution in [0.5, 0.6) is 0 Å². The molecule has 0 aromatic heterocycles. The second-order valence-corrected chi connectivity index (χ2v) is 6.15. The number of hydrogen-bond acceptors (Lipinski definition) is 2. The molecule has 1 saturated carbocycles. The molecule has 0 aromatic carbocycles. The summed E-state index contributed by atoms with van der Waals surface area (Å²) in [6.45, 7) is 6.40. The lowest BCUT2D eigenvalue weighted by Crippen LogP contribution is -2.29. The third-order valence-electron chi connectivity index (χ3n) is 4.48. The lowest BCUT2D eigenvalue weighted by atomic mass is 9.80. The Labute approximate surface area is 120 Å². The molecule has 1 fully saturated rings. The maximum absolute atomic E-state index is 6.25. The van der Waals surface area contributed by atoms with Crippen LogP contribution in [0, 0.1) is 11.8 Å². The third-order valence-corrected chi connectivity index (χ3v) is 4.48. The molecule has 19 heavy (non-hydrogen) atoms. The van der Waals surface area contributed by atoms with Crippen molar-refractivity contribution in [2.45, 2.75) is 77.7 Å². The highest BCUT2D eigenvalue weighted by molar-refractivity contribution is 4.75. The minimum Gasteiger partial charge on any atom is -0.384 e. The number of methoxy groups -OCH3 is 1. The topological polar surface area (TPSA) is 18.5 Å². The lowest BCUT2D eigenvalue weighted by molar-refractivity contribution is -0.0176. The van der Waals surface area contributed by atoms with Gasteiger partial charge in [0, 0.05) is 13.7 Å². The van der Waals surface area contributed by atoms with E-state index in [1.54, 1.807) is 0 Å². The zero-order valence-electron chi connectivity index (χ0n) is 13.3. The van der Waals surface area contributed by atoms with Crippen LogP contribution in [0.2, 0.25) is 0 Å². The maximum Gasteiger partial charge on any atom is 0.0575 e. The zero-order valence-corrected chi connectivity index (χ0v) is 13.3. The Bertz CT molecular complexity index is 203. The van der Waals surface area contributed by atoms with Crippen molar-refractivity contribution in [3.05, 3.63) is 0 Å².